The maximum atomic E-state index is 13.5. The van der Waals surface area contributed by atoms with Crippen LogP contribution in [0, 0.1) is 12.7 Å². The molecular weight excluding hydrogens is 423 g/mol. The highest BCUT2D eigenvalue weighted by molar-refractivity contribution is 6.39. The molecule has 1 heterocycles. The predicted molar refractivity (Wildman–Crippen MR) is 122 cm³/mol. The van der Waals surface area contributed by atoms with E-state index in [0.717, 1.165) is 21.6 Å². The molecule has 166 valence electrons. The average Bonchev–Trinajstić information content (AvgIpc) is 2.77. The summed E-state index contributed by atoms with van der Waals surface area (Å²) in [6, 6.07) is 17.6. The van der Waals surface area contributed by atoms with E-state index >= 15 is 0 Å². The maximum absolute atomic E-state index is 13.5. The van der Waals surface area contributed by atoms with Crippen LogP contribution in [0.4, 0.5) is 14.9 Å². The Morgan fingerprint density at radius 3 is 2.52 bits per heavy atom. The van der Waals surface area contributed by atoms with E-state index in [1.807, 2.05) is 19.1 Å². The van der Waals surface area contributed by atoms with Gasteiger partial charge >= 0.3 is 6.03 Å². The molecule has 0 atom stereocenters. The molecule has 1 aliphatic heterocycles. The van der Waals surface area contributed by atoms with Crippen molar-refractivity contribution in [1.29, 1.82) is 0 Å². The number of barbiturate groups is 1. The van der Waals surface area contributed by atoms with Crippen LogP contribution in [0.25, 0.3) is 6.08 Å². The molecule has 0 spiro atoms. The van der Waals surface area contributed by atoms with E-state index in [0.29, 0.717) is 23.4 Å². The van der Waals surface area contributed by atoms with E-state index in [1.54, 1.807) is 42.5 Å². The average molecular weight is 444 g/mol. The Hall–Kier alpha value is -4.26. The first kappa shape index (κ1) is 22.0. The zero-order valence-electron chi connectivity index (χ0n) is 18.1. The fourth-order valence-electron chi connectivity index (χ4n) is 3.69. The van der Waals surface area contributed by atoms with Crippen LogP contribution in [0.3, 0.4) is 0 Å². The minimum absolute atomic E-state index is 0.170. The number of carbonyl (C=O) groups is 3. The zero-order chi connectivity index (χ0) is 23.5. The number of rotatable bonds is 5. The summed E-state index contributed by atoms with van der Waals surface area (Å²) >= 11 is 0. The molecular formula is C26H21FN2O4. The van der Waals surface area contributed by atoms with Gasteiger partial charge < -0.3 is 4.74 Å². The van der Waals surface area contributed by atoms with Gasteiger partial charge in [0.2, 0.25) is 0 Å². The van der Waals surface area contributed by atoms with Crippen LogP contribution in [0.5, 0.6) is 5.75 Å². The predicted octanol–water partition coefficient (Wildman–Crippen LogP) is 4.40. The third kappa shape index (κ3) is 4.67. The minimum Gasteiger partial charge on any atom is -0.496 e. The topological polar surface area (TPSA) is 75.7 Å². The maximum Gasteiger partial charge on any atom is 0.335 e. The van der Waals surface area contributed by atoms with Crippen LogP contribution in [-0.4, -0.2) is 25.0 Å². The molecule has 0 aromatic heterocycles. The lowest BCUT2D eigenvalue weighted by atomic mass is 10.0. The van der Waals surface area contributed by atoms with Gasteiger partial charge in [-0.25, -0.2) is 14.1 Å². The number of halogens is 1. The monoisotopic (exact) mass is 444 g/mol. The molecule has 1 N–H and O–H groups in total. The van der Waals surface area contributed by atoms with Crippen molar-refractivity contribution in [3.8, 4) is 5.75 Å². The molecule has 0 unspecified atom stereocenters. The molecule has 3 aromatic rings. The highest BCUT2D eigenvalue weighted by Gasteiger charge is 2.36. The molecule has 0 bridgehead atoms. The van der Waals surface area contributed by atoms with E-state index < -0.39 is 17.8 Å². The SMILES string of the molecule is COc1cc(/C=C2\C(=O)NC(=O)N(c3cccc(C)c3)C2=O)ccc1Cc1cccc(F)c1. The van der Waals surface area contributed by atoms with Gasteiger partial charge in [0.25, 0.3) is 11.8 Å². The summed E-state index contributed by atoms with van der Waals surface area (Å²) in [6.07, 6.45) is 1.87. The van der Waals surface area contributed by atoms with E-state index in [1.165, 1.54) is 25.3 Å². The summed E-state index contributed by atoms with van der Waals surface area (Å²) in [5.41, 5.74) is 3.23. The number of hydrogen-bond donors (Lipinski definition) is 1. The number of aryl methyl sites for hydroxylation is 1. The summed E-state index contributed by atoms with van der Waals surface area (Å²) in [5.74, 6) is -1.26. The number of imide groups is 2. The van der Waals surface area contributed by atoms with Gasteiger partial charge in [-0.15, -0.1) is 0 Å². The summed E-state index contributed by atoms with van der Waals surface area (Å²) < 4.78 is 19.0. The van der Waals surface area contributed by atoms with Crippen molar-refractivity contribution in [2.45, 2.75) is 13.3 Å². The first-order valence-electron chi connectivity index (χ1n) is 10.2. The van der Waals surface area contributed by atoms with Gasteiger partial charge in [-0.05, 0) is 65.6 Å². The van der Waals surface area contributed by atoms with Gasteiger partial charge in [0.15, 0.2) is 0 Å². The Kier molecular flexibility index (Phi) is 6.04. The normalized spacial score (nSPS) is 15.1. The molecule has 33 heavy (non-hydrogen) atoms. The lowest BCUT2D eigenvalue weighted by molar-refractivity contribution is -0.122. The second kappa shape index (κ2) is 9.08. The third-order valence-electron chi connectivity index (χ3n) is 5.27. The molecule has 7 heteroatoms. The van der Waals surface area contributed by atoms with Crippen LogP contribution in [0.1, 0.15) is 22.3 Å². The van der Waals surface area contributed by atoms with E-state index in [-0.39, 0.29) is 11.4 Å². The van der Waals surface area contributed by atoms with Crippen molar-refractivity contribution in [1.82, 2.24) is 5.32 Å². The van der Waals surface area contributed by atoms with Gasteiger partial charge in [0.1, 0.15) is 17.1 Å². The molecule has 1 fully saturated rings. The molecule has 0 saturated carbocycles. The largest absolute Gasteiger partial charge is 0.496 e. The first-order valence-corrected chi connectivity index (χ1v) is 10.2. The first-order chi connectivity index (χ1) is 15.9. The van der Waals surface area contributed by atoms with Crippen molar-refractivity contribution in [3.63, 3.8) is 0 Å². The Bertz CT molecular complexity index is 1300. The number of amides is 4. The molecule has 1 saturated heterocycles. The molecule has 0 radical (unpaired) electrons. The second-order valence-electron chi connectivity index (χ2n) is 7.67. The number of nitrogens with zero attached hydrogens (tertiary/aromatic N) is 1. The molecule has 4 amide bonds. The molecule has 0 aliphatic carbocycles. The van der Waals surface area contributed by atoms with E-state index in [2.05, 4.69) is 5.32 Å². The lowest BCUT2D eigenvalue weighted by Crippen LogP contribution is -2.54. The number of ether oxygens (including phenoxy) is 1. The zero-order valence-corrected chi connectivity index (χ0v) is 18.1. The van der Waals surface area contributed by atoms with Crippen LogP contribution in [0.2, 0.25) is 0 Å². The van der Waals surface area contributed by atoms with Crippen LogP contribution >= 0.6 is 0 Å². The van der Waals surface area contributed by atoms with Crippen LogP contribution < -0.4 is 15.0 Å². The second-order valence-corrected chi connectivity index (χ2v) is 7.67. The summed E-state index contributed by atoms with van der Waals surface area (Å²) in [7, 11) is 1.51. The number of nitrogens with one attached hydrogen (secondary N) is 1. The number of carbonyl (C=O) groups excluding carboxylic acids is 3. The molecule has 6 nitrogen and oxygen atoms in total. The van der Waals surface area contributed by atoms with Crippen LogP contribution in [-0.2, 0) is 16.0 Å². The van der Waals surface area contributed by atoms with Crippen LogP contribution in [0.15, 0.2) is 72.3 Å². The smallest absolute Gasteiger partial charge is 0.335 e. The third-order valence-corrected chi connectivity index (χ3v) is 5.27. The number of benzene rings is 3. The fraction of sp³-hybridized carbons (Fsp3) is 0.115. The number of urea groups is 1. The van der Waals surface area contributed by atoms with Crippen molar-refractivity contribution in [3.05, 3.63) is 100 Å². The van der Waals surface area contributed by atoms with Crippen molar-refractivity contribution in [2.24, 2.45) is 0 Å². The number of anilines is 1. The van der Waals surface area contributed by atoms with E-state index in [9.17, 15) is 18.8 Å². The Labute approximate surface area is 190 Å². The van der Waals surface area contributed by atoms with Gasteiger partial charge in [-0.1, -0.05) is 36.4 Å². The lowest BCUT2D eigenvalue weighted by Gasteiger charge is -2.26. The standard InChI is InChI=1S/C26H21FN2O4/c1-16-5-3-8-21(11-16)29-25(31)22(24(30)28-26(29)32)14-18-9-10-19(23(15-18)33-2)12-17-6-4-7-20(27)13-17/h3-11,13-15H,12H2,1-2H3,(H,28,30,32)/b22-14+. The van der Waals surface area contributed by atoms with Gasteiger partial charge in [-0.3, -0.25) is 14.9 Å². The van der Waals surface area contributed by atoms with Gasteiger partial charge in [0.05, 0.1) is 12.8 Å². The number of methoxy groups -OCH3 is 1. The summed E-state index contributed by atoms with van der Waals surface area (Å²) in [5, 5.41) is 2.22. The Morgan fingerprint density at radius 2 is 1.79 bits per heavy atom. The van der Waals surface area contributed by atoms with E-state index in [4.69, 9.17) is 4.74 Å². The molecule has 4 rings (SSSR count). The van der Waals surface area contributed by atoms with Gasteiger partial charge in [0, 0.05) is 6.42 Å². The summed E-state index contributed by atoms with van der Waals surface area (Å²) in [4.78, 5) is 38.8. The quantitative estimate of drug-likeness (QED) is 0.468. The fourth-order valence-corrected chi connectivity index (χ4v) is 3.69. The van der Waals surface area contributed by atoms with Crippen molar-refractivity contribution < 1.29 is 23.5 Å². The van der Waals surface area contributed by atoms with Gasteiger partial charge in [-0.2, -0.15) is 0 Å². The molecule has 1 aliphatic rings. The Morgan fingerprint density at radius 1 is 1.00 bits per heavy atom. The highest BCUT2D eigenvalue weighted by Crippen LogP contribution is 2.27. The highest BCUT2D eigenvalue weighted by atomic mass is 19.1. The van der Waals surface area contributed by atoms with Crippen molar-refractivity contribution >= 4 is 29.6 Å². The minimum atomic E-state index is -0.796. The number of hydrogen-bond acceptors (Lipinski definition) is 4. The molecule has 3 aromatic carbocycles. The van der Waals surface area contributed by atoms with Crippen molar-refractivity contribution in [2.75, 3.05) is 12.0 Å². The Balaban J connectivity index is 1.66. The summed E-state index contributed by atoms with van der Waals surface area (Å²) in [6.45, 7) is 1.84.